The van der Waals surface area contributed by atoms with E-state index in [0.29, 0.717) is 18.4 Å². The first-order valence-electron chi connectivity index (χ1n) is 8.42. The molecule has 0 N–H and O–H groups in total. The molecule has 0 radical (unpaired) electrons. The molecule has 0 amide bonds. The van der Waals surface area contributed by atoms with Crippen molar-refractivity contribution in [2.75, 3.05) is 0 Å². The van der Waals surface area contributed by atoms with Crippen molar-refractivity contribution in [3.8, 4) is 5.69 Å². The van der Waals surface area contributed by atoms with Crippen LogP contribution >= 0.6 is 0 Å². The van der Waals surface area contributed by atoms with Crippen LogP contribution in [0.3, 0.4) is 0 Å². The fourth-order valence-corrected chi connectivity index (χ4v) is 2.96. The van der Waals surface area contributed by atoms with E-state index in [-0.39, 0.29) is 5.69 Å². The minimum atomic E-state index is -0.262. The second-order valence-corrected chi connectivity index (χ2v) is 6.70. The Balaban J connectivity index is 1.68. The van der Waals surface area contributed by atoms with Crippen molar-refractivity contribution in [3.63, 3.8) is 0 Å². The number of aryl methyl sites for hydroxylation is 1. The van der Waals surface area contributed by atoms with Gasteiger partial charge in [-0.1, -0.05) is 17.3 Å². The van der Waals surface area contributed by atoms with Crippen LogP contribution in [0.5, 0.6) is 0 Å². The van der Waals surface area contributed by atoms with Gasteiger partial charge < -0.3 is 4.84 Å². The molecular weight excluding hydrogens is 306 g/mol. The van der Waals surface area contributed by atoms with Gasteiger partial charge >= 0.3 is 5.69 Å². The number of benzene rings is 1. The number of hydrogen-bond donors (Lipinski definition) is 0. The maximum atomic E-state index is 12.2. The summed E-state index contributed by atoms with van der Waals surface area (Å²) in [6.07, 6.45) is 4.77. The molecule has 7 nitrogen and oxygen atoms in total. The van der Waals surface area contributed by atoms with Gasteiger partial charge in [-0.25, -0.2) is 4.79 Å². The van der Waals surface area contributed by atoms with Crippen LogP contribution in [0.4, 0.5) is 0 Å². The molecule has 0 saturated heterocycles. The van der Waals surface area contributed by atoms with Gasteiger partial charge in [0.1, 0.15) is 6.61 Å². The van der Waals surface area contributed by atoms with E-state index in [1.54, 1.807) is 7.05 Å². The molecule has 24 heavy (non-hydrogen) atoms. The van der Waals surface area contributed by atoms with Crippen LogP contribution in [0.1, 0.15) is 49.7 Å². The van der Waals surface area contributed by atoms with Crippen molar-refractivity contribution in [3.05, 3.63) is 39.8 Å². The van der Waals surface area contributed by atoms with Crippen LogP contribution in [0.2, 0.25) is 0 Å². The molecule has 0 atom stereocenters. The molecule has 1 aromatic carbocycles. The van der Waals surface area contributed by atoms with Crippen LogP contribution in [0.15, 0.2) is 28.1 Å². The van der Waals surface area contributed by atoms with Gasteiger partial charge in [0.05, 0.1) is 11.4 Å². The van der Waals surface area contributed by atoms with E-state index in [1.165, 1.54) is 40.6 Å². The molecule has 0 unspecified atom stereocenters. The van der Waals surface area contributed by atoms with E-state index in [1.807, 2.05) is 19.1 Å². The Bertz CT molecular complexity index is 843. The van der Waals surface area contributed by atoms with Gasteiger partial charge in [-0.05, 0) is 60.6 Å². The Labute approximate surface area is 139 Å². The van der Waals surface area contributed by atoms with E-state index in [0.717, 1.165) is 17.0 Å². The second-order valence-electron chi connectivity index (χ2n) is 6.70. The Hall–Kier alpha value is -2.44. The van der Waals surface area contributed by atoms with Gasteiger partial charge in [-0.3, -0.25) is 0 Å². The zero-order chi connectivity index (χ0) is 16.7. The van der Waals surface area contributed by atoms with Crippen molar-refractivity contribution < 1.29 is 4.84 Å². The molecule has 0 bridgehead atoms. The molecule has 126 valence electrons. The van der Waals surface area contributed by atoms with Gasteiger partial charge in [0.2, 0.25) is 0 Å². The monoisotopic (exact) mass is 327 g/mol. The third-order valence-corrected chi connectivity index (χ3v) is 4.74. The molecule has 2 saturated carbocycles. The van der Waals surface area contributed by atoms with Crippen molar-refractivity contribution in [1.29, 1.82) is 0 Å². The summed E-state index contributed by atoms with van der Waals surface area (Å²) in [7, 11) is 1.59. The standard InChI is InChI=1S/C17H21N5O2/c1-11(12-6-7-12)18-24-10-15-14(13-8-9-13)4-3-5-16(15)22-17(23)21(2)19-20-22/h3-5,12-13H,6-10H2,1-2H3. The van der Waals surface area contributed by atoms with Crippen molar-refractivity contribution in [2.24, 2.45) is 18.1 Å². The zero-order valence-electron chi connectivity index (χ0n) is 14.0. The summed E-state index contributed by atoms with van der Waals surface area (Å²) in [6, 6.07) is 5.96. The normalized spacial score (nSPS) is 18.0. The Morgan fingerprint density at radius 1 is 1.29 bits per heavy atom. The first-order valence-corrected chi connectivity index (χ1v) is 8.42. The SMILES string of the molecule is CC(=NOCc1c(C2CC2)cccc1-n1nnn(C)c1=O)C1CC1. The molecule has 2 fully saturated rings. The summed E-state index contributed by atoms with van der Waals surface area (Å²) in [6.45, 7) is 2.35. The molecule has 4 rings (SSSR count). The molecule has 2 aliphatic carbocycles. The quantitative estimate of drug-likeness (QED) is 0.602. The second kappa shape index (κ2) is 5.89. The predicted octanol–water partition coefficient (Wildman–Crippen LogP) is 2.15. The molecule has 0 aliphatic heterocycles. The highest BCUT2D eigenvalue weighted by molar-refractivity contribution is 5.85. The summed E-state index contributed by atoms with van der Waals surface area (Å²) in [5.41, 5.74) is 3.73. The van der Waals surface area contributed by atoms with Crippen LogP contribution in [0, 0.1) is 5.92 Å². The van der Waals surface area contributed by atoms with E-state index in [2.05, 4.69) is 21.6 Å². The number of hydrogen-bond acceptors (Lipinski definition) is 5. The number of nitrogens with zero attached hydrogens (tertiary/aromatic N) is 5. The minimum absolute atomic E-state index is 0.262. The molecule has 0 spiro atoms. The summed E-state index contributed by atoms with van der Waals surface area (Å²) >= 11 is 0. The minimum Gasteiger partial charge on any atom is -0.391 e. The predicted molar refractivity (Wildman–Crippen MR) is 89.2 cm³/mol. The number of rotatable bonds is 6. The van der Waals surface area contributed by atoms with Gasteiger partial charge in [-0.2, -0.15) is 9.36 Å². The van der Waals surface area contributed by atoms with E-state index >= 15 is 0 Å². The lowest BCUT2D eigenvalue weighted by Gasteiger charge is -2.13. The summed E-state index contributed by atoms with van der Waals surface area (Å²) in [5.74, 6) is 1.13. The van der Waals surface area contributed by atoms with E-state index in [4.69, 9.17) is 4.84 Å². The van der Waals surface area contributed by atoms with Crippen LogP contribution < -0.4 is 5.69 Å². The van der Waals surface area contributed by atoms with Gasteiger partial charge in [0.25, 0.3) is 0 Å². The van der Waals surface area contributed by atoms with Gasteiger partial charge in [0, 0.05) is 18.5 Å². The number of aromatic nitrogens is 4. The molecule has 1 aromatic heterocycles. The van der Waals surface area contributed by atoms with Gasteiger partial charge in [0.15, 0.2) is 0 Å². The lowest BCUT2D eigenvalue weighted by atomic mass is 10.0. The Morgan fingerprint density at radius 2 is 2.08 bits per heavy atom. The number of oxime groups is 1. The maximum absolute atomic E-state index is 12.2. The van der Waals surface area contributed by atoms with Crippen LogP contribution in [-0.4, -0.2) is 25.5 Å². The third-order valence-electron chi connectivity index (χ3n) is 4.74. The van der Waals surface area contributed by atoms with Crippen LogP contribution in [-0.2, 0) is 18.5 Å². The molecule has 2 aliphatic rings. The highest BCUT2D eigenvalue weighted by atomic mass is 16.6. The van der Waals surface area contributed by atoms with E-state index < -0.39 is 0 Å². The summed E-state index contributed by atoms with van der Waals surface area (Å²) in [5, 5.41) is 12.0. The summed E-state index contributed by atoms with van der Waals surface area (Å²) in [4.78, 5) is 17.9. The largest absolute Gasteiger partial charge is 0.391 e. The van der Waals surface area contributed by atoms with Crippen molar-refractivity contribution in [1.82, 2.24) is 19.8 Å². The smallest absolute Gasteiger partial charge is 0.368 e. The summed E-state index contributed by atoms with van der Waals surface area (Å²) < 4.78 is 2.56. The van der Waals surface area contributed by atoms with Crippen molar-refractivity contribution in [2.45, 2.75) is 45.1 Å². The highest BCUT2D eigenvalue weighted by Gasteiger charge is 2.28. The van der Waals surface area contributed by atoms with Crippen LogP contribution in [0.25, 0.3) is 5.69 Å². The molecular formula is C17H21N5O2. The lowest BCUT2D eigenvalue weighted by Crippen LogP contribution is -2.23. The third kappa shape index (κ3) is 2.86. The fraction of sp³-hybridized carbons (Fsp3) is 0.529. The first-order chi connectivity index (χ1) is 11.6. The highest BCUT2D eigenvalue weighted by Crippen LogP contribution is 2.43. The lowest BCUT2D eigenvalue weighted by molar-refractivity contribution is 0.128. The van der Waals surface area contributed by atoms with Crippen molar-refractivity contribution >= 4 is 5.71 Å². The average Bonchev–Trinajstić information content (AvgIpc) is 3.48. The Morgan fingerprint density at radius 3 is 2.71 bits per heavy atom. The Kier molecular flexibility index (Phi) is 3.70. The molecule has 7 heteroatoms. The van der Waals surface area contributed by atoms with Gasteiger partial charge in [-0.15, -0.1) is 0 Å². The maximum Gasteiger partial charge on any atom is 0.368 e. The fourth-order valence-electron chi connectivity index (χ4n) is 2.96. The molecule has 1 heterocycles. The molecule has 2 aromatic rings. The first kappa shape index (κ1) is 15.1. The zero-order valence-corrected chi connectivity index (χ0v) is 14.0. The topological polar surface area (TPSA) is 74.3 Å². The number of tetrazole rings is 1. The average molecular weight is 327 g/mol. The van der Waals surface area contributed by atoms with E-state index in [9.17, 15) is 4.79 Å².